The van der Waals surface area contributed by atoms with Crippen molar-refractivity contribution in [2.75, 3.05) is 16.8 Å². The van der Waals surface area contributed by atoms with Gasteiger partial charge in [0.15, 0.2) is 5.16 Å². The first kappa shape index (κ1) is 16.4. The van der Waals surface area contributed by atoms with Gasteiger partial charge in [-0.1, -0.05) is 35.0 Å². The van der Waals surface area contributed by atoms with Crippen molar-refractivity contribution in [3.8, 4) is 6.07 Å². The minimum Gasteiger partial charge on any atom is -0.382 e. The maximum Gasteiger partial charge on any atom is 0.234 e. The first-order chi connectivity index (χ1) is 10.5. The van der Waals surface area contributed by atoms with Crippen LogP contribution in [0.15, 0.2) is 29.6 Å². The molecule has 1 aromatic carbocycles. The van der Waals surface area contributed by atoms with E-state index in [1.807, 2.05) is 6.07 Å². The Morgan fingerprint density at radius 1 is 1.36 bits per heavy atom. The second-order valence-electron chi connectivity index (χ2n) is 4.06. The molecule has 3 N–H and O–H groups in total. The molecule has 0 aliphatic carbocycles. The van der Waals surface area contributed by atoms with Gasteiger partial charge in [-0.05, 0) is 18.2 Å². The Labute approximate surface area is 140 Å². The quantitative estimate of drug-likeness (QED) is 0.646. The van der Waals surface area contributed by atoms with E-state index in [-0.39, 0.29) is 23.0 Å². The Kier molecular flexibility index (Phi) is 5.44. The number of hydrogen-bond donors (Lipinski definition) is 2. The van der Waals surface area contributed by atoms with Crippen LogP contribution >= 0.6 is 35.0 Å². The maximum atomic E-state index is 11.9. The maximum absolute atomic E-state index is 11.9. The highest BCUT2D eigenvalue weighted by molar-refractivity contribution is 7.99. The van der Waals surface area contributed by atoms with Crippen LogP contribution in [-0.2, 0) is 4.79 Å². The molecule has 0 radical (unpaired) electrons. The van der Waals surface area contributed by atoms with Gasteiger partial charge in [0.25, 0.3) is 0 Å². The van der Waals surface area contributed by atoms with E-state index in [2.05, 4.69) is 15.3 Å². The van der Waals surface area contributed by atoms with E-state index in [9.17, 15) is 4.79 Å². The van der Waals surface area contributed by atoms with Gasteiger partial charge in [0, 0.05) is 15.7 Å². The van der Waals surface area contributed by atoms with Gasteiger partial charge in [-0.2, -0.15) is 5.26 Å². The fraction of sp³-hybridized carbons (Fsp3) is 0.0769. The SMILES string of the molecule is N#Cc1cnc(SCC(=O)Nc2cc(Cl)cc(Cl)c2)nc1N. The summed E-state index contributed by atoms with van der Waals surface area (Å²) >= 11 is 12.8. The van der Waals surface area contributed by atoms with Gasteiger partial charge in [0.2, 0.25) is 5.91 Å². The van der Waals surface area contributed by atoms with Gasteiger partial charge >= 0.3 is 0 Å². The van der Waals surface area contributed by atoms with Gasteiger partial charge in [-0.25, -0.2) is 9.97 Å². The van der Waals surface area contributed by atoms with E-state index in [0.717, 1.165) is 11.8 Å². The van der Waals surface area contributed by atoms with Crippen LogP contribution in [-0.4, -0.2) is 21.6 Å². The number of hydrogen-bond acceptors (Lipinski definition) is 6. The molecule has 1 amide bonds. The van der Waals surface area contributed by atoms with Crippen molar-refractivity contribution < 1.29 is 4.79 Å². The third-order valence-corrected chi connectivity index (χ3v) is 3.69. The number of carbonyl (C=O) groups excluding carboxylic acids is 1. The number of nitrogens with zero attached hydrogens (tertiary/aromatic N) is 3. The number of nitriles is 1. The van der Waals surface area contributed by atoms with Gasteiger partial charge in [-0.15, -0.1) is 0 Å². The number of nitrogen functional groups attached to an aromatic ring is 1. The molecule has 6 nitrogen and oxygen atoms in total. The molecule has 22 heavy (non-hydrogen) atoms. The summed E-state index contributed by atoms with van der Waals surface area (Å²) in [5.41, 5.74) is 6.28. The number of thioether (sulfide) groups is 1. The highest BCUT2D eigenvalue weighted by Gasteiger charge is 2.08. The lowest BCUT2D eigenvalue weighted by Crippen LogP contribution is -2.14. The van der Waals surface area contributed by atoms with Gasteiger partial charge in [0.05, 0.1) is 11.9 Å². The summed E-state index contributed by atoms with van der Waals surface area (Å²) in [6.07, 6.45) is 1.32. The lowest BCUT2D eigenvalue weighted by molar-refractivity contribution is -0.113. The van der Waals surface area contributed by atoms with Crippen LogP contribution in [0.1, 0.15) is 5.56 Å². The van der Waals surface area contributed by atoms with Crippen LogP contribution in [0.25, 0.3) is 0 Å². The Morgan fingerprint density at radius 3 is 2.64 bits per heavy atom. The number of amides is 1. The molecule has 0 unspecified atom stereocenters. The number of benzene rings is 1. The van der Waals surface area contributed by atoms with Crippen molar-refractivity contribution in [1.29, 1.82) is 5.26 Å². The zero-order valence-corrected chi connectivity index (χ0v) is 13.3. The van der Waals surface area contributed by atoms with Crippen LogP contribution in [0, 0.1) is 11.3 Å². The Balaban J connectivity index is 1.95. The molecule has 0 atom stereocenters. The molecule has 1 aromatic heterocycles. The van der Waals surface area contributed by atoms with Crippen LogP contribution in [0.4, 0.5) is 11.5 Å². The molecule has 2 aromatic rings. The summed E-state index contributed by atoms with van der Waals surface area (Å²) in [5, 5.41) is 12.6. The largest absolute Gasteiger partial charge is 0.382 e. The van der Waals surface area contributed by atoms with Crippen molar-refractivity contribution in [2.45, 2.75) is 5.16 Å². The number of rotatable bonds is 4. The minimum absolute atomic E-state index is 0.0788. The van der Waals surface area contributed by atoms with Crippen molar-refractivity contribution in [3.63, 3.8) is 0 Å². The van der Waals surface area contributed by atoms with Crippen LogP contribution < -0.4 is 11.1 Å². The van der Waals surface area contributed by atoms with Gasteiger partial charge in [-0.3, -0.25) is 4.79 Å². The topological polar surface area (TPSA) is 105 Å². The first-order valence-electron chi connectivity index (χ1n) is 5.89. The molecule has 0 aliphatic rings. The molecule has 0 saturated carbocycles. The molecule has 2 rings (SSSR count). The Morgan fingerprint density at radius 2 is 2.05 bits per heavy atom. The molecule has 0 bridgehead atoms. The number of nitrogens with two attached hydrogens (primary N) is 1. The van der Waals surface area contributed by atoms with Crippen LogP contribution in [0.5, 0.6) is 0 Å². The molecule has 0 fully saturated rings. The van der Waals surface area contributed by atoms with E-state index < -0.39 is 0 Å². The van der Waals surface area contributed by atoms with Crippen molar-refractivity contribution >= 4 is 52.4 Å². The molecule has 0 aliphatic heterocycles. The highest BCUT2D eigenvalue weighted by atomic mass is 35.5. The molecule has 112 valence electrons. The fourth-order valence-corrected chi connectivity index (χ4v) is 2.64. The highest BCUT2D eigenvalue weighted by Crippen LogP contribution is 2.23. The van der Waals surface area contributed by atoms with E-state index in [1.165, 1.54) is 6.20 Å². The normalized spacial score (nSPS) is 10.0. The van der Waals surface area contributed by atoms with Crippen LogP contribution in [0.3, 0.4) is 0 Å². The lowest BCUT2D eigenvalue weighted by atomic mass is 10.3. The Bertz CT molecular complexity index is 742. The number of anilines is 2. The van der Waals surface area contributed by atoms with E-state index >= 15 is 0 Å². The van der Waals surface area contributed by atoms with Gasteiger partial charge in [0.1, 0.15) is 17.5 Å². The zero-order valence-electron chi connectivity index (χ0n) is 11.0. The molecular weight excluding hydrogens is 345 g/mol. The molecule has 9 heteroatoms. The van der Waals surface area contributed by atoms with Crippen molar-refractivity contribution in [3.05, 3.63) is 40.0 Å². The third kappa shape index (κ3) is 4.49. The predicted molar refractivity (Wildman–Crippen MR) is 87.0 cm³/mol. The standard InChI is InChI=1S/C13H9Cl2N5OS/c14-8-1-9(15)3-10(2-8)19-11(21)6-22-13-18-5-7(4-16)12(17)20-13/h1-3,5H,6H2,(H,19,21)(H2,17,18,20). The summed E-state index contributed by atoms with van der Waals surface area (Å²) in [7, 11) is 0. The molecule has 0 spiro atoms. The summed E-state index contributed by atoms with van der Waals surface area (Å²) in [6, 6.07) is 6.62. The minimum atomic E-state index is -0.269. The first-order valence-corrected chi connectivity index (χ1v) is 7.63. The molecule has 1 heterocycles. The summed E-state index contributed by atoms with van der Waals surface area (Å²) in [4.78, 5) is 19.7. The van der Waals surface area contributed by atoms with Crippen molar-refractivity contribution in [2.24, 2.45) is 0 Å². The van der Waals surface area contributed by atoms with Crippen LogP contribution in [0.2, 0.25) is 10.0 Å². The Hall–Kier alpha value is -2.01. The number of nitrogens with one attached hydrogen (secondary N) is 1. The fourth-order valence-electron chi connectivity index (χ4n) is 1.49. The smallest absolute Gasteiger partial charge is 0.234 e. The number of halogens is 2. The second-order valence-corrected chi connectivity index (χ2v) is 5.87. The van der Waals surface area contributed by atoms with E-state index in [0.29, 0.717) is 20.9 Å². The zero-order chi connectivity index (χ0) is 16.1. The van der Waals surface area contributed by atoms with E-state index in [4.69, 9.17) is 34.2 Å². The molecule has 0 saturated heterocycles. The summed E-state index contributed by atoms with van der Waals surface area (Å²) in [5.74, 6) is -0.105. The average molecular weight is 354 g/mol. The average Bonchev–Trinajstić information content (AvgIpc) is 2.44. The van der Waals surface area contributed by atoms with Gasteiger partial charge < -0.3 is 11.1 Å². The predicted octanol–water partition coefficient (Wildman–Crippen LogP) is 2.97. The number of aromatic nitrogens is 2. The summed E-state index contributed by atoms with van der Waals surface area (Å²) < 4.78 is 0. The van der Waals surface area contributed by atoms with E-state index in [1.54, 1.807) is 18.2 Å². The lowest BCUT2D eigenvalue weighted by Gasteiger charge is -2.06. The third-order valence-electron chi connectivity index (χ3n) is 2.40. The monoisotopic (exact) mass is 353 g/mol. The van der Waals surface area contributed by atoms with Crippen molar-refractivity contribution in [1.82, 2.24) is 9.97 Å². The molecular formula is C13H9Cl2N5OS. The summed E-state index contributed by atoms with van der Waals surface area (Å²) in [6.45, 7) is 0. The second kappa shape index (κ2) is 7.31. The number of carbonyl (C=O) groups is 1.